The summed E-state index contributed by atoms with van der Waals surface area (Å²) in [6, 6.07) is 10.1. The molecule has 0 bridgehead atoms. The summed E-state index contributed by atoms with van der Waals surface area (Å²) < 4.78 is 11.5. The van der Waals surface area contributed by atoms with Crippen molar-refractivity contribution in [3.05, 3.63) is 51.5 Å². The summed E-state index contributed by atoms with van der Waals surface area (Å²) in [5, 5.41) is 0.457. The predicted octanol–water partition coefficient (Wildman–Crippen LogP) is 4.65. The molecule has 2 aromatic carbocycles. The van der Waals surface area contributed by atoms with Crippen molar-refractivity contribution in [3.8, 4) is 11.5 Å². The number of halogens is 2. The van der Waals surface area contributed by atoms with E-state index in [2.05, 4.69) is 15.9 Å². The largest absolute Gasteiger partial charge is 0.462 e. The van der Waals surface area contributed by atoms with Gasteiger partial charge in [-0.1, -0.05) is 27.5 Å². The minimum Gasteiger partial charge on any atom is -0.462 e. The zero-order valence-electron chi connectivity index (χ0n) is 11.2. The van der Waals surface area contributed by atoms with Crippen LogP contribution in [0.1, 0.15) is 17.3 Å². The van der Waals surface area contributed by atoms with Crippen molar-refractivity contribution >= 4 is 39.2 Å². The molecule has 0 fully saturated rings. The third-order valence-corrected chi connectivity index (χ3v) is 3.43. The Labute approximate surface area is 135 Å². The first kappa shape index (κ1) is 15.7. The van der Waals surface area contributed by atoms with Crippen LogP contribution in [0.3, 0.4) is 0 Å². The molecule has 0 aliphatic carbocycles. The summed E-state index contributed by atoms with van der Waals surface area (Å²) in [7, 11) is 0. The molecule has 2 aromatic rings. The average molecular weight is 371 g/mol. The van der Waals surface area contributed by atoms with E-state index in [1.165, 1.54) is 6.07 Å². The average Bonchev–Trinajstić information content (AvgIpc) is 2.44. The first-order valence-corrected chi connectivity index (χ1v) is 7.38. The second-order valence-electron chi connectivity index (χ2n) is 4.15. The standard InChI is InChI=1S/C15H13BrClNO3/c1-2-20-15(19)11-8-10(4-5-13(11)18)21-14-6-3-9(16)7-12(14)17/h3-8H,2,18H2,1H3. The van der Waals surface area contributed by atoms with E-state index in [0.717, 1.165) is 4.47 Å². The zero-order valence-corrected chi connectivity index (χ0v) is 13.6. The van der Waals surface area contributed by atoms with Crippen molar-refractivity contribution in [1.82, 2.24) is 0 Å². The Balaban J connectivity index is 2.28. The SMILES string of the molecule is CCOC(=O)c1cc(Oc2ccc(Br)cc2Cl)ccc1N. The van der Waals surface area contributed by atoms with Crippen LogP contribution in [-0.4, -0.2) is 12.6 Å². The number of ether oxygens (including phenoxy) is 2. The molecule has 0 saturated heterocycles. The number of rotatable bonds is 4. The number of esters is 1. The van der Waals surface area contributed by atoms with Gasteiger partial charge in [-0.15, -0.1) is 0 Å². The molecule has 0 saturated carbocycles. The molecule has 6 heteroatoms. The number of carbonyl (C=O) groups is 1. The summed E-state index contributed by atoms with van der Waals surface area (Å²) >= 11 is 9.41. The van der Waals surface area contributed by atoms with E-state index in [0.29, 0.717) is 22.2 Å². The third-order valence-electron chi connectivity index (χ3n) is 2.64. The predicted molar refractivity (Wildman–Crippen MR) is 86.0 cm³/mol. The van der Waals surface area contributed by atoms with Gasteiger partial charge >= 0.3 is 5.97 Å². The first-order valence-electron chi connectivity index (χ1n) is 6.20. The van der Waals surface area contributed by atoms with Crippen LogP contribution in [0.4, 0.5) is 5.69 Å². The Morgan fingerprint density at radius 3 is 2.71 bits per heavy atom. The maximum absolute atomic E-state index is 11.8. The van der Waals surface area contributed by atoms with Gasteiger partial charge in [0.2, 0.25) is 0 Å². The smallest absolute Gasteiger partial charge is 0.340 e. The highest BCUT2D eigenvalue weighted by Crippen LogP contribution is 2.32. The quantitative estimate of drug-likeness (QED) is 0.628. The molecule has 2 rings (SSSR count). The summed E-state index contributed by atoms with van der Waals surface area (Å²) in [5.41, 5.74) is 6.38. The molecule has 21 heavy (non-hydrogen) atoms. The molecule has 0 aliphatic heterocycles. The van der Waals surface area contributed by atoms with Gasteiger partial charge in [-0.2, -0.15) is 0 Å². The second kappa shape index (κ2) is 6.83. The Kier molecular flexibility index (Phi) is 5.09. The summed E-state index contributed by atoms with van der Waals surface area (Å²) in [5.74, 6) is 0.457. The Morgan fingerprint density at radius 1 is 1.29 bits per heavy atom. The maximum atomic E-state index is 11.8. The number of carbonyl (C=O) groups excluding carboxylic acids is 1. The van der Waals surface area contributed by atoms with Gasteiger partial charge in [0.1, 0.15) is 11.5 Å². The van der Waals surface area contributed by atoms with E-state index in [9.17, 15) is 4.79 Å². The second-order valence-corrected chi connectivity index (χ2v) is 5.47. The lowest BCUT2D eigenvalue weighted by Gasteiger charge is -2.10. The van der Waals surface area contributed by atoms with Crippen molar-refractivity contribution in [3.63, 3.8) is 0 Å². The normalized spacial score (nSPS) is 10.2. The van der Waals surface area contributed by atoms with E-state index in [1.807, 2.05) is 6.07 Å². The Morgan fingerprint density at radius 2 is 2.05 bits per heavy atom. The molecule has 0 heterocycles. The van der Waals surface area contributed by atoms with Gasteiger partial charge in [-0.3, -0.25) is 0 Å². The van der Waals surface area contributed by atoms with Gasteiger partial charge in [0.05, 0.1) is 17.2 Å². The fourth-order valence-electron chi connectivity index (χ4n) is 1.67. The highest BCUT2D eigenvalue weighted by molar-refractivity contribution is 9.10. The first-order chi connectivity index (χ1) is 10.0. The fourth-order valence-corrected chi connectivity index (χ4v) is 2.38. The number of benzene rings is 2. The van der Waals surface area contributed by atoms with Crippen LogP contribution in [0.2, 0.25) is 5.02 Å². The van der Waals surface area contributed by atoms with E-state index >= 15 is 0 Å². The van der Waals surface area contributed by atoms with Crippen LogP contribution in [0.5, 0.6) is 11.5 Å². The lowest BCUT2D eigenvalue weighted by Crippen LogP contribution is -2.08. The van der Waals surface area contributed by atoms with E-state index in [1.54, 1.807) is 31.2 Å². The highest BCUT2D eigenvalue weighted by Gasteiger charge is 2.13. The molecule has 4 nitrogen and oxygen atoms in total. The molecule has 0 atom stereocenters. The number of hydrogen-bond acceptors (Lipinski definition) is 4. The minimum absolute atomic E-state index is 0.266. The maximum Gasteiger partial charge on any atom is 0.340 e. The van der Waals surface area contributed by atoms with Crippen molar-refractivity contribution in [1.29, 1.82) is 0 Å². The molecule has 0 spiro atoms. The van der Waals surface area contributed by atoms with Crippen molar-refractivity contribution in [2.75, 3.05) is 12.3 Å². The molecule has 0 unspecified atom stereocenters. The molecule has 0 aliphatic rings. The van der Waals surface area contributed by atoms with E-state index in [-0.39, 0.29) is 12.2 Å². The Bertz CT molecular complexity index is 676. The molecule has 2 N–H and O–H groups in total. The third kappa shape index (κ3) is 3.89. The summed E-state index contributed by atoms with van der Waals surface area (Å²) in [6.45, 7) is 2.01. The van der Waals surface area contributed by atoms with Crippen molar-refractivity contribution in [2.45, 2.75) is 6.92 Å². The topological polar surface area (TPSA) is 61.5 Å². The Hall–Kier alpha value is -1.72. The van der Waals surface area contributed by atoms with E-state index < -0.39 is 5.97 Å². The van der Waals surface area contributed by atoms with Gasteiger partial charge < -0.3 is 15.2 Å². The van der Waals surface area contributed by atoms with Gasteiger partial charge in [-0.05, 0) is 43.3 Å². The molecule has 0 radical (unpaired) electrons. The number of anilines is 1. The van der Waals surface area contributed by atoms with Crippen LogP contribution in [0.25, 0.3) is 0 Å². The molecule has 0 amide bonds. The van der Waals surface area contributed by atoms with E-state index in [4.69, 9.17) is 26.8 Å². The van der Waals surface area contributed by atoms with Crippen molar-refractivity contribution in [2.24, 2.45) is 0 Å². The minimum atomic E-state index is -0.484. The molecular weight excluding hydrogens is 358 g/mol. The molecule has 0 aromatic heterocycles. The molecule has 110 valence electrons. The van der Waals surface area contributed by atoms with Gasteiger partial charge in [-0.25, -0.2) is 4.79 Å². The van der Waals surface area contributed by atoms with Gasteiger partial charge in [0.15, 0.2) is 0 Å². The molecular formula is C15H13BrClNO3. The lowest BCUT2D eigenvalue weighted by atomic mass is 10.1. The van der Waals surface area contributed by atoms with Crippen LogP contribution in [-0.2, 0) is 4.74 Å². The monoisotopic (exact) mass is 369 g/mol. The fraction of sp³-hybridized carbons (Fsp3) is 0.133. The highest BCUT2D eigenvalue weighted by atomic mass is 79.9. The van der Waals surface area contributed by atoms with Crippen LogP contribution in [0.15, 0.2) is 40.9 Å². The van der Waals surface area contributed by atoms with Crippen LogP contribution < -0.4 is 10.5 Å². The zero-order chi connectivity index (χ0) is 15.4. The lowest BCUT2D eigenvalue weighted by molar-refractivity contribution is 0.0527. The van der Waals surface area contributed by atoms with Crippen molar-refractivity contribution < 1.29 is 14.3 Å². The number of nitrogens with two attached hydrogens (primary N) is 1. The van der Waals surface area contributed by atoms with Gasteiger partial charge in [0.25, 0.3) is 0 Å². The van der Waals surface area contributed by atoms with Crippen LogP contribution >= 0.6 is 27.5 Å². The van der Waals surface area contributed by atoms with Gasteiger partial charge in [0, 0.05) is 10.2 Å². The summed E-state index contributed by atoms with van der Waals surface area (Å²) in [4.78, 5) is 11.8. The number of nitrogen functional groups attached to an aromatic ring is 1. The van der Waals surface area contributed by atoms with Crippen LogP contribution in [0, 0.1) is 0 Å². The number of hydrogen-bond donors (Lipinski definition) is 1. The summed E-state index contributed by atoms with van der Waals surface area (Å²) in [6.07, 6.45) is 0.